The largest absolute Gasteiger partial charge is 0.507 e. The summed E-state index contributed by atoms with van der Waals surface area (Å²) >= 11 is 0. The normalized spacial score (nSPS) is 10.6. The average Bonchev–Trinajstić information content (AvgIpc) is 2.52. The van der Waals surface area contributed by atoms with Crippen molar-refractivity contribution in [3.63, 3.8) is 0 Å². The summed E-state index contributed by atoms with van der Waals surface area (Å²) in [6, 6.07) is 16.1. The zero-order chi connectivity index (χ0) is 15.7. The fourth-order valence-electron chi connectivity index (χ4n) is 2.42. The van der Waals surface area contributed by atoms with Crippen LogP contribution in [0.25, 0.3) is 16.8 Å². The molecule has 0 atom stereocenters. The molecule has 0 bridgehead atoms. The molecule has 1 heterocycles. The highest BCUT2D eigenvalue weighted by Crippen LogP contribution is 2.29. The van der Waals surface area contributed by atoms with Crippen molar-refractivity contribution in [2.45, 2.75) is 6.92 Å². The monoisotopic (exact) mass is 293 g/mol. The van der Waals surface area contributed by atoms with Gasteiger partial charge in [-0.1, -0.05) is 30.3 Å². The Balaban J connectivity index is 2.04. The molecule has 4 nitrogen and oxygen atoms in total. The van der Waals surface area contributed by atoms with Crippen LogP contribution in [-0.4, -0.2) is 14.8 Å². The molecule has 1 aromatic heterocycles. The number of hydrogen-bond donors (Lipinski definition) is 2. The number of phenols is 1. The summed E-state index contributed by atoms with van der Waals surface area (Å²) < 4.78 is 1.74. The first-order valence-corrected chi connectivity index (χ1v) is 6.87. The number of rotatable bonds is 2. The van der Waals surface area contributed by atoms with Gasteiger partial charge in [-0.15, -0.1) is 0 Å². The van der Waals surface area contributed by atoms with Crippen LogP contribution in [0.5, 0.6) is 11.5 Å². The van der Waals surface area contributed by atoms with Crippen LogP contribution in [0.3, 0.4) is 0 Å². The number of hydrogen-bond acceptors (Lipinski definition) is 3. The Morgan fingerprint density at radius 3 is 2.27 bits per heavy atom. The quantitative estimate of drug-likeness (QED) is 0.762. The summed E-state index contributed by atoms with van der Waals surface area (Å²) in [6.45, 7) is 1.80. The van der Waals surface area contributed by atoms with Crippen LogP contribution < -0.4 is 5.43 Å². The highest BCUT2D eigenvalue weighted by molar-refractivity contribution is 5.70. The molecule has 0 fully saturated rings. The molecule has 0 radical (unpaired) electrons. The first-order chi connectivity index (χ1) is 10.6. The summed E-state index contributed by atoms with van der Waals surface area (Å²) in [4.78, 5) is 11.4. The minimum Gasteiger partial charge on any atom is -0.507 e. The van der Waals surface area contributed by atoms with Crippen molar-refractivity contribution in [1.82, 2.24) is 4.57 Å². The Labute approximate surface area is 127 Å². The van der Waals surface area contributed by atoms with Crippen molar-refractivity contribution < 1.29 is 10.2 Å². The van der Waals surface area contributed by atoms with Gasteiger partial charge in [-0.05, 0) is 30.7 Å². The summed E-state index contributed by atoms with van der Waals surface area (Å²) in [5, 5.41) is 19.5. The second kappa shape index (κ2) is 5.41. The zero-order valence-electron chi connectivity index (χ0n) is 12.0. The van der Waals surface area contributed by atoms with E-state index in [1.54, 1.807) is 23.6 Å². The van der Waals surface area contributed by atoms with Crippen LogP contribution in [0.1, 0.15) is 5.69 Å². The predicted molar refractivity (Wildman–Crippen MR) is 85.5 cm³/mol. The second-order valence-corrected chi connectivity index (χ2v) is 5.10. The van der Waals surface area contributed by atoms with Gasteiger partial charge in [0, 0.05) is 23.0 Å². The maximum atomic E-state index is 11.4. The zero-order valence-corrected chi connectivity index (χ0v) is 12.0. The fraction of sp³-hybridized carbons (Fsp3) is 0.0556. The van der Waals surface area contributed by atoms with Gasteiger partial charge in [-0.3, -0.25) is 4.79 Å². The molecule has 3 aromatic rings. The number of aryl methyl sites for hydroxylation is 1. The molecule has 0 amide bonds. The first-order valence-electron chi connectivity index (χ1n) is 6.87. The molecule has 110 valence electrons. The van der Waals surface area contributed by atoms with E-state index in [4.69, 9.17) is 0 Å². The minimum absolute atomic E-state index is 0.229. The molecular weight excluding hydrogens is 278 g/mol. The topological polar surface area (TPSA) is 62.5 Å². The van der Waals surface area contributed by atoms with Crippen molar-refractivity contribution in [1.29, 1.82) is 0 Å². The molecule has 4 heteroatoms. The fourth-order valence-corrected chi connectivity index (χ4v) is 2.42. The van der Waals surface area contributed by atoms with E-state index >= 15 is 0 Å². The Morgan fingerprint density at radius 2 is 1.59 bits per heavy atom. The molecule has 3 rings (SSSR count). The molecule has 2 N–H and O–H groups in total. The van der Waals surface area contributed by atoms with E-state index in [1.165, 1.54) is 12.3 Å². The number of phenolic OH excluding ortho intramolecular Hbond substituents is 1. The molecule has 2 aromatic carbocycles. The smallest absolute Gasteiger partial charge is 0.223 e. The first kappa shape index (κ1) is 13.9. The second-order valence-electron chi connectivity index (χ2n) is 5.10. The average molecular weight is 293 g/mol. The van der Waals surface area contributed by atoms with E-state index < -0.39 is 0 Å². The molecule has 0 unspecified atom stereocenters. The van der Waals surface area contributed by atoms with Gasteiger partial charge in [0.25, 0.3) is 0 Å². The lowest BCUT2D eigenvalue weighted by Gasteiger charge is -2.12. The maximum Gasteiger partial charge on any atom is 0.223 e. The van der Waals surface area contributed by atoms with Crippen LogP contribution in [0, 0.1) is 6.92 Å². The van der Waals surface area contributed by atoms with Gasteiger partial charge in [0.15, 0.2) is 5.75 Å². The Kier molecular flexibility index (Phi) is 3.43. The maximum absolute atomic E-state index is 11.4. The molecule has 0 saturated carbocycles. The van der Waals surface area contributed by atoms with Crippen LogP contribution in [0.4, 0.5) is 0 Å². The predicted octanol–water partition coefficient (Wildman–Crippen LogP) is 3.22. The van der Waals surface area contributed by atoms with E-state index in [-0.39, 0.29) is 16.9 Å². The van der Waals surface area contributed by atoms with Gasteiger partial charge in [0.2, 0.25) is 5.43 Å². The third-order valence-corrected chi connectivity index (χ3v) is 3.58. The van der Waals surface area contributed by atoms with E-state index in [9.17, 15) is 15.0 Å². The summed E-state index contributed by atoms with van der Waals surface area (Å²) in [6.07, 6.45) is 1.41. The molecule has 0 aliphatic rings. The highest BCUT2D eigenvalue weighted by Gasteiger charge is 2.06. The lowest BCUT2D eigenvalue weighted by molar-refractivity contribution is 0.465. The van der Waals surface area contributed by atoms with E-state index in [1.807, 2.05) is 36.4 Å². The Bertz CT molecular complexity index is 880. The van der Waals surface area contributed by atoms with Gasteiger partial charge >= 0.3 is 0 Å². The SMILES string of the molecule is Cc1cc(=O)c(O)cn1-c1ccc(-c2ccccc2O)cc1. The number of aromatic hydroxyl groups is 2. The van der Waals surface area contributed by atoms with Crippen LogP contribution >= 0.6 is 0 Å². The van der Waals surface area contributed by atoms with Gasteiger partial charge in [0.1, 0.15) is 5.75 Å². The molecule has 0 aliphatic heterocycles. The minimum atomic E-state index is -0.389. The van der Waals surface area contributed by atoms with Crippen molar-refractivity contribution in [3.8, 4) is 28.3 Å². The molecule has 0 saturated heterocycles. The van der Waals surface area contributed by atoms with E-state index in [0.717, 1.165) is 22.5 Å². The summed E-state index contributed by atoms with van der Waals surface area (Å²) in [5.41, 5.74) is 2.82. The number of benzene rings is 2. The van der Waals surface area contributed by atoms with Gasteiger partial charge in [0.05, 0.1) is 6.20 Å². The van der Waals surface area contributed by atoms with Gasteiger partial charge in [-0.2, -0.15) is 0 Å². The summed E-state index contributed by atoms with van der Waals surface area (Å²) in [5.74, 6) is -0.0529. The van der Waals surface area contributed by atoms with Crippen molar-refractivity contribution in [3.05, 3.63) is 76.7 Å². The number of pyridine rings is 1. The number of para-hydroxylation sites is 1. The lowest BCUT2D eigenvalue weighted by atomic mass is 10.0. The Hall–Kier alpha value is -3.01. The van der Waals surface area contributed by atoms with Crippen molar-refractivity contribution in [2.24, 2.45) is 0 Å². The standard InChI is InChI=1S/C18H15NO3/c1-12-10-17(21)18(22)11-19(12)14-8-6-13(7-9-14)15-4-2-3-5-16(15)20/h2-11,20,22H,1H3. The third-order valence-electron chi connectivity index (χ3n) is 3.58. The van der Waals surface area contributed by atoms with Gasteiger partial charge < -0.3 is 14.8 Å². The lowest BCUT2D eigenvalue weighted by Crippen LogP contribution is -2.07. The van der Waals surface area contributed by atoms with Gasteiger partial charge in [-0.25, -0.2) is 0 Å². The third kappa shape index (κ3) is 2.46. The van der Waals surface area contributed by atoms with Crippen LogP contribution in [0.15, 0.2) is 65.6 Å². The summed E-state index contributed by atoms with van der Waals surface area (Å²) in [7, 11) is 0. The van der Waals surface area contributed by atoms with E-state index in [2.05, 4.69) is 0 Å². The molecular formula is C18H15NO3. The molecule has 0 spiro atoms. The van der Waals surface area contributed by atoms with Crippen molar-refractivity contribution in [2.75, 3.05) is 0 Å². The highest BCUT2D eigenvalue weighted by atomic mass is 16.3. The van der Waals surface area contributed by atoms with E-state index in [0.29, 0.717) is 0 Å². The van der Waals surface area contributed by atoms with Crippen LogP contribution in [0.2, 0.25) is 0 Å². The number of nitrogens with zero attached hydrogens (tertiary/aromatic N) is 1. The molecule has 22 heavy (non-hydrogen) atoms. The van der Waals surface area contributed by atoms with Crippen LogP contribution in [-0.2, 0) is 0 Å². The number of aromatic nitrogens is 1. The molecule has 0 aliphatic carbocycles. The van der Waals surface area contributed by atoms with Crippen molar-refractivity contribution >= 4 is 0 Å². The Morgan fingerprint density at radius 1 is 0.909 bits per heavy atom.